The molecular formula is C92H135N3O7S. The van der Waals surface area contributed by atoms with Gasteiger partial charge in [0.2, 0.25) is 0 Å². The van der Waals surface area contributed by atoms with Crippen LogP contribution in [0.2, 0.25) is 0 Å². The molecule has 0 amide bonds. The van der Waals surface area contributed by atoms with Crippen LogP contribution in [0, 0.1) is 0 Å². The lowest BCUT2D eigenvalue weighted by atomic mass is 9.87. The number of hydrogen-bond donors (Lipinski definition) is 0. The number of carbonyl (C=O) groups excluding carboxylic acids is 2. The maximum absolute atomic E-state index is 10.7. The Hall–Kier alpha value is -6.73. The highest BCUT2D eigenvalue weighted by Crippen LogP contribution is 2.34. The first kappa shape index (κ1) is 88.7. The second-order valence-corrected chi connectivity index (χ2v) is 30.5. The van der Waals surface area contributed by atoms with Gasteiger partial charge in [-0.15, -0.1) is 0 Å². The van der Waals surface area contributed by atoms with Gasteiger partial charge in [-0.3, -0.25) is 0 Å². The third kappa shape index (κ3) is 33.1. The predicted molar refractivity (Wildman–Crippen MR) is 428 cm³/mol. The lowest BCUT2D eigenvalue weighted by Gasteiger charge is -2.39. The Labute approximate surface area is 626 Å². The lowest BCUT2D eigenvalue weighted by Crippen LogP contribution is -2.50. The molecule has 0 aliphatic rings. The summed E-state index contributed by atoms with van der Waals surface area (Å²) in [5.74, 6) is -2.07. The van der Waals surface area contributed by atoms with E-state index >= 15 is 0 Å². The van der Waals surface area contributed by atoms with E-state index in [0.717, 1.165) is 6.07 Å². The molecular weight excluding hydrogens is 1290 g/mol. The Bertz CT molecular complexity index is 2930. The second-order valence-electron chi connectivity index (χ2n) is 29.2. The highest BCUT2D eigenvalue weighted by atomic mass is 32.2. The number of quaternary nitrogens is 3. The van der Waals surface area contributed by atoms with Crippen LogP contribution in [0.15, 0.2) is 205 Å². The summed E-state index contributed by atoms with van der Waals surface area (Å²) < 4.78 is 36.1. The molecule has 0 atom stereocenters. The lowest BCUT2D eigenvalue weighted by molar-refractivity contribution is -0.929. The summed E-state index contributed by atoms with van der Waals surface area (Å²) >= 11 is 0. The average Bonchev–Trinajstić information content (AvgIpc) is 0.817. The Balaban J connectivity index is 0.000000297. The topological polar surface area (TPSA) is 137 Å². The van der Waals surface area contributed by atoms with E-state index < -0.39 is 38.1 Å². The van der Waals surface area contributed by atoms with Crippen molar-refractivity contribution in [2.75, 3.05) is 78.5 Å². The molecule has 11 heteroatoms. The first-order chi connectivity index (χ1) is 50.0. The maximum atomic E-state index is 10.7. The first-order valence-corrected chi connectivity index (χ1v) is 41.7. The Morgan fingerprint density at radius 2 is 0.485 bits per heavy atom. The highest BCUT2D eigenvalue weighted by molar-refractivity contribution is 7.85. The largest absolute Gasteiger partial charge is 0.744 e. The van der Waals surface area contributed by atoms with Crippen LogP contribution in [-0.2, 0) is 10.1 Å². The van der Waals surface area contributed by atoms with Crippen molar-refractivity contribution in [3.8, 4) is 0 Å². The number of carboxylic acids is 2. The van der Waals surface area contributed by atoms with Gasteiger partial charge < -0.3 is 37.8 Å². The fourth-order valence-electron chi connectivity index (χ4n) is 15.1. The van der Waals surface area contributed by atoms with Crippen molar-refractivity contribution >= 4 is 22.1 Å². The van der Waals surface area contributed by atoms with Crippen molar-refractivity contribution in [1.82, 2.24) is 0 Å². The molecule has 7 aromatic carbocycles. The van der Waals surface area contributed by atoms with Crippen molar-refractivity contribution in [1.29, 1.82) is 0 Å². The fourth-order valence-corrected chi connectivity index (χ4v) is 15.8. The molecule has 0 spiro atoms. The van der Waals surface area contributed by atoms with E-state index in [4.69, 9.17) is 0 Å². The van der Waals surface area contributed by atoms with Crippen molar-refractivity contribution in [3.63, 3.8) is 0 Å². The smallest absolute Gasteiger partial charge is 0.125 e. The van der Waals surface area contributed by atoms with Crippen molar-refractivity contribution < 1.29 is 46.2 Å². The summed E-state index contributed by atoms with van der Waals surface area (Å²) in [5, 5.41) is 20.9. The molecule has 0 fully saturated rings. The SMILES string of the molecule is CCCC[N+](CCCC)(CCCC)CCCC(c1ccccc1)c1ccccc1.CCCC[N+](CCCC)(CCCC)CCCC(c1ccccc1)c1ccccc1.CCCC[N+](CCCC)(CCCC)CCCC(c1ccccc1)c1ccccc1.O=C([O-])c1ccc(C(=O)[O-])c(S(=O)(=O)[O-])c1. The monoisotopic (exact) mass is 1430 g/mol. The molecule has 10 nitrogen and oxygen atoms in total. The molecule has 0 radical (unpaired) electrons. The van der Waals surface area contributed by atoms with E-state index in [2.05, 4.69) is 244 Å². The Kier molecular flexibility index (Phi) is 44.3. The summed E-state index contributed by atoms with van der Waals surface area (Å²) in [7, 11) is -5.10. The van der Waals surface area contributed by atoms with E-state index in [1.807, 2.05) is 0 Å². The number of aromatic carboxylic acids is 2. The Morgan fingerprint density at radius 3 is 0.650 bits per heavy atom. The first-order valence-electron chi connectivity index (χ1n) is 40.3. The van der Waals surface area contributed by atoms with E-state index in [0.29, 0.717) is 29.9 Å². The third-order valence-electron chi connectivity index (χ3n) is 21.2. The fraction of sp³-hybridized carbons (Fsp3) is 0.522. The molecule has 0 aromatic heterocycles. The van der Waals surface area contributed by atoms with Crippen molar-refractivity contribution in [2.45, 2.75) is 239 Å². The molecule has 103 heavy (non-hydrogen) atoms. The van der Waals surface area contributed by atoms with Gasteiger partial charge in [0.05, 0.1) is 95.4 Å². The molecule has 0 heterocycles. The van der Waals surface area contributed by atoms with Gasteiger partial charge in [0.25, 0.3) is 0 Å². The molecule has 0 aliphatic carbocycles. The van der Waals surface area contributed by atoms with E-state index in [1.165, 1.54) is 279 Å². The predicted octanol–water partition coefficient (Wildman–Crippen LogP) is 20.8. The van der Waals surface area contributed by atoms with Gasteiger partial charge in [0.1, 0.15) is 10.1 Å². The zero-order valence-corrected chi connectivity index (χ0v) is 66.2. The average molecular weight is 1430 g/mol. The summed E-state index contributed by atoms with van der Waals surface area (Å²) in [6.07, 6.45) is 31.8. The molecule has 7 aromatic rings. The molecule has 0 N–H and O–H groups in total. The standard InChI is InChI=1S/3C28H44N.C8H6O7S/c3*1-4-7-22-29(23-8-5-2,24-9-6-3)25-16-21-28(26-17-12-10-13-18-26)27-19-14-11-15-20-27;9-7(10)4-1-2-5(8(11)12)6(3-4)16(13,14)15/h3*10-15,17-20,28H,4-9,16,21-25H2,1-3H3;1-3H,(H,9,10)(H,11,12)(H,13,14,15)/q3*+1;/p-3. The van der Waals surface area contributed by atoms with Gasteiger partial charge >= 0.3 is 0 Å². The van der Waals surface area contributed by atoms with Crippen LogP contribution >= 0.6 is 0 Å². The van der Waals surface area contributed by atoms with Crippen LogP contribution in [-0.4, -0.2) is 117 Å². The van der Waals surface area contributed by atoms with Crippen LogP contribution in [0.1, 0.15) is 288 Å². The van der Waals surface area contributed by atoms with Gasteiger partial charge in [-0.25, -0.2) is 8.42 Å². The number of hydrogen-bond acceptors (Lipinski definition) is 7. The normalized spacial score (nSPS) is 11.7. The molecule has 0 saturated carbocycles. The number of benzene rings is 7. The summed E-state index contributed by atoms with van der Waals surface area (Å²) in [5.41, 5.74) is 7.29. The quantitative estimate of drug-likeness (QED) is 0.0273. The van der Waals surface area contributed by atoms with Crippen molar-refractivity contribution in [2.24, 2.45) is 0 Å². The summed E-state index contributed by atoms with van der Waals surface area (Å²) in [6, 6.07) is 68.7. The molecule has 0 saturated heterocycles. The zero-order valence-electron chi connectivity index (χ0n) is 65.3. The van der Waals surface area contributed by atoms with Gasteiger partial charge in [0, 0.05) is 23.3 Å². The Morgan fingerprint density at radius 1 is 0.291 bits per heavy atom. The maximum Gasteiger partial charge on any atom is 0.125 e. The van der Waals surface area contributed by atoms with Gasteiger partial charge in [0.15, 0.2) is 0 Å². The van der Waals surface area contributed by atoms with Crippen LogP contribution < -0.4 is 10.2 Å². The minimum atomic E-state index is -5.10. The molecule has 566 valence electrons. The van der Waals surface area contributed by atoms with Gasteiger partial charge in [-0.05, 0) is 141 Å². The minimum absolute atomic E-state index is 0.419. The molecule has 0 bridgehead atoms. The van der Waals surface area contributed by atoms with E-state index in [9.17, 15) is 32.8 Å². The molecule has 0 unspecified atom stereocenters. The number of nitrogens with zero attached hydrogens (tertiary/aromatic N) is 3. The second kappa shape index (κ2) is 51.5. The molecule has 0 aliphatic heterocycles. The van der Waals surface area contributed by atoms with Crippen LogP contribution in [0.3, 0.4) is 0 Å². The number of carbonyl (C=O) groups is 2. The van der Waals surface area contributed by atoms with Crippen LogP contribution in [0.25, 0.3) is 0 Å². The summed E-state index contributed by atoms with van der Waals surface area (Å²) in [6.45, 7) is 37.5. The number of rotatable bonds is 48. The number of unbranched alkanes of at least 4 members (excludes halogenated alkanes) is 9. The number of carboxylic acid groups (broad SMARTS) is 2. The van der Waals surface area contributed by atoms with Gasteiger partial charge in [-0.1, -0.05) is 314 Å². The summed E-state index contributed by atoms with van der Waals surface area (Å²) in [4.78, 5) is 19.7. The van der Waals surface area contributed by atoms with Crippen LogP contribution in [0.5, 0.6) is 0 Å². The highest BCUT2D eigenvalue weighted by Gasteiger charge is 2.30. The molecule has 7 rings (SSSR count). The van der Waals surface area contributed by atoms with Gasteiger partial charge in [-0.2, -0.15) is 0 Å². The van der Waals surface area contributed by atoms with Crippen LogP contribution in [0.4, 0.5) is 0 Å². The third-order valence-corrected chi connectivity index (χ3v) is 22.0. The van der Waals surface area contributed by atoms with E-state index in [1.54, 1.807) is 0 Å². The zero-order chi connectivity index (χ0) is 74.9. The van der Waals surface area contributed by atoms with Crippen molar-refractivity contribution in [3.05, 3.63) is 245 Å². The minimum Gasteiger partial charge on any atom is -0.744 e. The van der Waals surface area contributed by atoms with E-state index in [-0.39, 0.29) is 0 Å².